The molecule has 1 aliphatic rings. The van der Waals surface area contributed by atoms with Crippen LogP contribution >= 0.6 is 35.1 Å². The molecule has 22 heavy (non-hydrogen) atoms. The second-order valence-electron chi connectivity index (χ2n) is 5.40. The molecule has 7 heteroatoms. The van der Waals surface area contributed by atoms with E-state index in [0.717, 1.165) is 36.6 Å². The van der Waals surface area contributed by atoms with Gasteiger partial charge in [0.25, 0.3) is 0 Å². The molecule has 2 atom stereocenters. The highest BCUT2D eigenvalue weighted by Crippen LogP contribution is 2.27. The molecule has 0 aliphatic carbocycles. The van der Waals surface area contributed by atoms with Gasteiger partial charge in [-0.3, -0.25) is 4.90 Å². The fraction of sp³-hybridized carbons (Fsp3) is 0.533. The van der Waals surface area contributed by atoms with Crippen molar-refractivity contribution in [3.8, 4) is 10.6 Å². The minimum atomic E-state index is 0. The Morgan fingerprint density at radius 2 is 2.32 bits per heavy atom. The van der Waals surface area contributed by atoms with E-state index in [9.17, 15) is 0 Å². The quantitative estimate of drug-likeness (QED) is 0.890. The van der Waals surface area contributed by atoms with E-state index < -0.39 is 0 Å². The van der Waals surface area contributed by atoms with Crippen molar-refractivity contribution in [2.45, 2.75) is 31.5 Å². The molecule has 2 aromatic rings. The molecule has 3 rings (SSSR count). The van der Waals surface area contributed by atoms with Crippen LogP contribution < -0.4 is 5.73 Å². The first-order chi connectivity index (χ1) is 10.3. The fourth-order valence-corrected chi connectivity index (χ4v) is 4.36. The first kappa shape index (κ1) is 17.8. The number of thiophene rings is 1. The normalized spacial score (nSPS) is 22.5. The topological polar surface area (TPSA) is 51.4 Å². The Bertz CT molecular complexity index is 561. The first-order valence-electron chi connectivity index (χ1n) is 7.24. The van der Waals surface area contributed by atoms with Gasteiger partial charge < -0.3 is 10.5 Å². The number of halogens is 1. The predicted molar refractivity (Wildman–Crippen MR) is 96.0 cm³/mol. The van der Waals surface area contributed by atoms with Gasteiger partial charge in [-0.1, -0.05) is 0 Å². The molecule has 3 heterocycles. The Morgan fingerprint density at radius 3 is 3.00 bits per heavy atom. The van der Waals surface area contributed by atoms with Crippen molar-refractivity contribution >= 4 is 35.1 Å². The minimum Gasteiger partial charge on any atom is -0.381 e. The van der Waals surface area contributed by atoms with Crippen molar-refractivity contribution in [2.75, 3.05) is 20.2 Å². The maximum Gasteiger partial charge on any atom is 0.124 e. The van der Waals surface area contributed by atoms with Crippen LogP contribution in [0.3, 0.4) is 0 Å². The summed E-state index contributed by atoms with van der Waals surface area (Å²) >= 11 is 3.43. The molecule has 0 aromatic carbocycles. The van der Waals surface area contributed by atoms with Crippen LogP contribution in [-0.2, 0) is 11.3 Å². The summed E-state index contributed by atoms with van der Waals surface area (Å²) < 4.78 is 5.48. The van der Waals surface area contributed by atoms with Crippen molar-refractivity contribution in [1.29, 1.82) is 0 Å². The Labute approximate surface area is 145 Å². The van der Waals surface area contributed by atoms with E-state index in [1.807, 2.05) is 0 Å². The van der Waals surface area contributed by atoms with Gasteiger partial charge in [0.05, 0.1) is 11.8 Å². The summed E-state index contributed by atoms with van der Waals surface area (Å²) in [5.41, 5.74) is 8.31. The number of aromatic nitrogens is 1. The van der Waals surface area contributed by atoms with E-state index in [1.54, 1.807) is 29.8 Å². The van der Waals surface area contributed by atoms with Gasteiger partial charge in [-0.05, 0) is 24.3 Å². The molecular formula is C15H22ClN3OS2. The number of hydrogen-bond acceptors (Lipinski definition) is 6. The third kappa shape index (κ3) is 4.07. The van der Waals surface area contributed by atoms with Gasteiger partial charge in [-0.25, -0.2) is 4.98 Å². The number of piperidine rings is 1. The number of hydrogen-bond donors (Lipinski definition) is 1. The van der Waals surface area contributed by atoms with E-state index in [0.29, 0.717) is 18.7 Å². The zero-order valence-electron chi connectivity index (χ0n) is 12.6. The van der Waals surface area contributed by atoms with Gasteiger partial charge in [0, 0.05) is 49.1 Å². The molecule has 0 saturated carbocycles. The molecule has 0 bridgehead atoms. The fourth-order valence-electron chi connectivity index (χ4n) is 2.84. The number of likely N-dealkylation sites (tertiary alicyclic amines) is 1. The molecule has 2 N–H and O–H groups in total. The summed E-state index contributed by atoms with van der Waals surface area (Å²) in [6.45, 7) is 2.60. The van der Waals surface area contributed by atoms with Crippen molar-refractivity contribution in [3.63, 3.8) is 0 Å². The zero-order valence-corrected chi connectivity index (χ0v) is 15.1. The summed E-state index contributed by atoms with van der Waals surface area (Å²) in [6.07, 6.45) is 2.45. The van der Waals surface area contributed by atoms with Crippen molar-refractivity contribution in [2.24, 2.45) is 5.73 Å². The molecule has 4 nitrogen and oxygen atoms in total. The number of ether oxygens (including phenoxy) is 1. The van der Waals surface area contributed by atoms with Crippen LogP contribution in [0.2, 0.25) is 0 Å². The second-order valence-corrected chi connectivity index (χ2v) is 7.04. The van der Waals surface area contributed by atoms with Gasteiger partial charge in [0.15, 0.2) is 0 Å². The smallest absolute Gasteiger partial charge is 0.124 e. The third-order valence-electron chi connectivity index (χ3n) is 4.08. The average molecular weight is 360 g/mol. The molecule has 2 aromatic heterocycles. The molecule has 0 radical (unpaired) electrons. The molecule has 1 fully saturated rings. The molecule has 2 unspecified atom stereocenters. The Kier molecular flexibility index (Phi) is 6.80. The van der Waals surface area contributed by atoms with Gasteiger partial charge in [0.2, 0.25) is 0 Å². The number of nitrogens with two attached hydrogens (primary N) is 1. The number of rotatable bonds is 5. The van der Waals surface area contributed by atoms with Gasteiger partial charge in [-0.2, -0.15) is 11.3 Å². The number of thiazole rings is 1. The highest BCUT2D eigenvalue weighted by atomic mass is 35.5. The van der Waals surface area contributed by atoms with Gasteiger partial charge in [-0.15, -0.1) is 23.7 Å². The lowest BCUT2D eigenvalue weighted by Gasteiger charge is -2.38. The molecule has 0 spiro atoms. The maximum atomic E-state index is 5.93. The molecule has 122 valence electrons. The van der Waals surface area contributed by atoms with E-state index >= 15 is 0 Å². The summed E-state index contributed by atoms with van der Waals surface area (Å²) in [4.78, 5) is 7.21. The zero-order chi connectivity index (χ0) is 14.7. The Hall–Kier alpha value is -0.500. The first-order valence-corrected chi connectivity index (χ1v) is 9.06. The standard InChI is InChI=1S/C15H21N3OS2.ClH/c1-19-14-2-4-18(13(6-14)7-16)8-12-10-21-15(17-12)11-3-5-20-9-11;/h3,5,9-10,13-14H,2,4,6-8,16H2,1H3;1H. The van der Waals surface area contributed by atoms with E-state index in [4.69, 9.17) is 15.5 Å². The molecule has 1 aliphatic heterocycles. The number of nitrogens with zero attached hydrogens (tertiary/aromatic N) is 2. The van der Waals surface area contributed by atoms with E-state index in [1.165, 1.54) is 5.56 Å². The number of methoxy groups -OCH3 is 1. The Balaban J connectivity index is 0.00000176. The largest absolute Gasteiger partial charge is 0.381 e. The lowest BCUT2D eigenvalue weighted by Crippen LogP contribution is -2.48. The Morgan fingerprint density at radius 1 is 1.45 bits per heavy atom. The minimum absolute atomic E-state index is 0. The summed E-state index contributed by atoms with van der Waals surface area (Å²) in [6, 6.07) is 2.52. The maximum absolute atomic E-state index is 5.93. The van der Waals surface area contributed by atoms with Crippen LogP contribution in [-0.4, -0.2) is 42.2 Å². The summed E-state index contributed by atoms with van der Waals surface area (Å²) in [7, 11) is 1.79. The van der Waals surface area contributed by atoms with Crippen LogP contribution in [0, 0.1) is 0 Å². The highest BCUT2D eigenvalue weighted by Gasteiger charge is 2.27. The molecule has 0 amide bonds. The van der Waals surface area contributed by atoms with Crippen LogP contribution in [0.1, 0.15) is 18.5 Å². The van der Waals surface area contributed by atoms with E-state index in [2.05, 4.69) is 27.1 Å². The van der Waals surface area contributed by atoms with Crippen LogP contribution in [0.5, 0.6) is 0 Å². The molecule has 1 saturated heterocycles. The highest BCUT2D eigenvalue weighted by molar-refractivity contribution is 7.14. The SMILES string of the molecule is COC1CCN(Cc2csc(-c3ccsc3)n2)C(CN)C1.Cl. The van der Waals surface area contributed by atoms with Crippen molar-refractivity contribution in [1.82, 2.24) is 9.88 Å². The van der Waals surface area contributed by atoms with Crippen LogP contribution in [0.4, 0.5) is 0 Å². The van der Waals surface area contributed by atoms with E-state index in [-0.39, 0.29) is 12.4 Å². The van der Waals surface area contributed by atoms with Gasteiger partial charge >= 0.3 is 0 Å². The summed E-state index contributed by atoms with van der Waals surface area (Å²) in [5, 5.41) is 7.52. The van der Waals surface area contributed by atoms with Crippen LogP contribution in [0.15, 0.2) is 22.2 Å². The monoisotopic (exact) mass is 359 g/mol. The third-order valence-corrected chi connectivity index (χ3v) is 5.70. The second kappa shape index (κ2) is 8.38. The van der Waals surface area contributed by atoms with Gasteiger partial charge in [0.1, 0.15) is 5.01 Å². The van der Waals surface area contributed by atoms with Crippen molar-refractivity contribution in [3.05, 3.63) is 27.9 Å². The van der Waals surface area contributed by atoms with Crippen LogP contribution in [0.25, 0.3) is 10.6 Å². The van der Waals surface area contributed by atoms with Crippen molar-refractivity contribution < 1.29 is 4.74 Å². The molecular weight excluding hydrogens is 338 g/mol. The lowest BCUT2D eigenvalue weighted by atomic mass is 9.99. The predicted octanol–water partition coefficient (Wildman–Crippen LogP) is 3.23. The average Bonchev–Trinajstić information content (AvgIpc) is 3.18. The summed E-state index contributed by atoms with van der Waals surface area (Å²) in [5.74, 6) is 0. The lowest BCUT2D eigenvalue weighted by molar-refractivity contribution is 0.00985.